The quantitative estimate of drug-likeness (QED) is 0.662. The van der Waals surface area contributed by atoms with Crippen molar-refractivity contribution in [2.24, 2.45) is 17.2 Å². The number of nitrogens with two attached hydrogens (primary N) is 1. The van der Waals surface area contributed by atoms with Crippen LogP contribution in [0.25, 0.3) is 0 Å². The molecular weight excluding hydrogens is 262 g/mol. The second-order valence-electron chi connectivity index (χ2n) is 7.00. The average Bonchev–Trinajstić information content (AvgIpc) is 2.71. The van der Waals surface area contributed by atoms with Gasteiger partial charge in [-0.25, -0.2) is 15.8 Å². The van der Waals surface area contributed by atoms with E-state index in [0.29, 0.717) is 5.41 Å². The van der Waals surface area contributed by atoms with Crippen LogP contribution < -0.4 is 16.2 Å². The molecule has 1 unspecified atom stereocenters. The molecule has 0 radical (unpaired) electrons. The van der Waals surface area contributed by atoms with Gasteiger partial charge in [-0.15, -0.1) is 0 Å². The molecule has 5 nitrogen and oxygen atoms in total. The minimum absolute atomic E-state index is 0.388. The van der Waals surface area contributed by atoms with Crippen LogP contribution in [0, 0.1) is 11.3 Å². The number of hydrogen-bond donors (Lipinski definition) is 2. The summed E-state index contributed by atoms with van der Waals surface area (Å²) in [4.78, 5) is 11.2. The van der Waals surface area contributed by atoms with Gasteiger partial charge in [-0.2, -0.15) is 0 Å². The number of rotatable bonds is 3. The Hall–Kier alpha value is -1.36. The molecule has 0 saturated carbocycles. The molecule has 0 amide bonds. The van der Waals surface area contributed by atoms with Gasteiger partial charge < -0.3 is 10.3 Å². The van der Waals surface area contributed by atoms with E-state index in [-0.39, 0.29) is 0 Å². The third-order valence-electron chi connectivity index (χ3n) is 4.67. The van der Waals surface area contributed by atoms with Gasteiger partial charge in [0.2, 0.25) is 0 Å². The van der Waals surface area contributed by atoms with Crippen LogP contribution in [0.4, 0.5) is 11.6 Å². The zero-order valence-corrected chi connectivity index (χ0v) is 13.8. The van der Waals surface area contributed by atoms with Crippen LogP contribution in [0.2, 0.25) is 0 Å². The van der Waals surface area contributed by atoms with E-state index in [2.05, 4.69) is 48.0 Å². The summed E-state index contributed by atoms with van der Waals surface area (Å²) in [5.74, 6) is 8.16. The maximum Gasteiger partial charge on any atom is 0.148 e. The molecule has 5 heteroatoms. The Kier molecular flexibility index (Phi) is 5.04. The molecule has 0 bridgehead atoms. The van der Waals surface area contributed by atoms with E-state index in [1.807, 2.05) is 0 Å². The highest BCUT2D eigenvalue weighted by Crippen LogP contribution is 2.35. The predicted molar refractivity (Wildman–Crippen MR) is 88.2 cm³/mol. The lowest BCUT2D eigenvalue weighted by Gasteiger charge is -2.30. The van der Waals surface area contributed by atoms with Crippen molar-refractivity contribution in [3.63, 3.8) is 0 Å². The number of anilines is 2. The van der Waals surface area contributed by atoms with E-state index in [0.717, 1.165) is 42.6 Å². The Balaban J connectivity index is 2.20. The van der Waals surface area contributed by atoms with Gasteiger partial charge in [0.05, 0.1) is 0 Å². The van der Waals surface area contributed by atoms with Crippen molar-refractivity contribution in [3.8, 4) is 0 Å². The van der Waals surface area contributed by atoms with E-state index in [4.69, 9.17) is 5.84 Å². The highest BCUT2D eigenvalue weighted by Gasteiger charge is 2.28. The van der Waals surface area contributed by atoms with Gasteiger partial charge in [0.1, 0.15) is 18.0 Å². The maximum absolute atomic E-state index is 5.58. The van der Waals surface area contributed by atoms with E-state index < -0.39 is 0 Å². The Morgan fingerprint density at radius 2 is 2.05 bits per heavy atom. The van der Waals surface area contributed by atoms with Gasteiger partial charge in [0.25, 0.3) is 0 Å². The molecule has 3 N–H and O–H groups in total. The number of hydrazine groups is 1. The summed E-state index contributed by atoms with van der Waals surface area (Å²) in [6, 6.07) is 0. The van der Waals surface area contributed by atoms with E-state index >= 15 is 0 Å². The van der Waals surface area contributed by atoms with Gasteiger partial charge in [-0.05, 0) is 37.0 Å². The molecule has 1 aromatic heterocycles. The van der Waals surface area contributed by atoms with E-state index in [9.17, 15) is 0 Å². The van der Waals surface area contributed by atoms with Gasteiger partial charge in [-0.1, -0.05) is 27.7 Å². The summed E-state index contributed by atoms with van der Waals surface area (Å²) in [7, 11) is 0. The van der Waals surface area contributed by atoms with Crippen molar-refractivity contribution in [2.45, 2.75) is 53.4 Å². The van der Waals surface area contributed by atoms with Crippen LogP contribution in [-0.4, -0.2) is 23.1 Å². The molecule has 0 aliphatic carbocycles. The number of nitrogens with zero attached hydrogens (tertiary/aromatic N) is 3. The number of nitrogens with one attached hydrogen (secondary N) is 1. The molecule has 1 aromatic rings. The largest absolute Gasteiger partial charge is 0.356 e. The standard InChI is InChI=1S/C16H29N5/c1-5-13-14(20-17)18-11-19-15(13)21-9-6-7-12(8-10-21)16(2,3)4/h11-12H,5-10,17H2,1-4H3,(H,18,19,20). The van der Waals surface area contributed by atoms with Crippen LogP contribution in [0.1, 0.15) is 52.5 Å². The monoisotopic (exact) mass is 291 g/mol. The van der Waals surface area contributed by atoms with Crippen LogP contribution in [0.5, 0.6) is 0 Å². The SMILES string of the molecule is CCc1c(NN)ncnc1N1CCCC(C(C)(C)C)CC1. The van der Waals surface area contributed by atoms with Crippen molar-refractivity contribution in [1.29, 1.82) is 0 Å². The molecule has 1 aliphatic heterocycles. The normalized spacial score (nSPS) is 20.2. The molecule has 2 heterocycles. The van der Waals surface area contributed by atoms with Crippen LogP contribution in [0.3, 0.4) is 0 Å². The second kappa shape index (κ2) is 6.60. The minimum atomic E-state index is 0.388. The molecule has 1 fully saturated rings. The molecule has 1 saturated heterocycles. The Labute approximate surface area is 128 Å². The highest BCUT2D eigenvalue weighted by atomic mass is 15.3. The molecule has 1 aliphatic rings. The number of nitrogen functional groups attached to an aromatic ring is 1. The van der Waals surface area contributed by atoms with Crippen molar-refractivity contribution < 1.29 is 0 Å². The molecule has 2 rings (SSSR count). The number of hydrogen-bond acceptors (Lipinski definition) is 5. The Morgan fingerprint density at radius 3 is 2.67 bits per heavy atom. The summed E-state index contributed by atoms with van der Waals surface area (Å²) < 4.78 is 0. The highest BCUT2D eigenvalue weighted by molar-refractivity contribution is 5.58. The summed E-state index contributed by atoms with van der Waals surface area (Å²) in [5.41, 5.74) is 4.20. The van der Waals surface area contributed by atoms with Gasteiger partial charge in [0.15, 0.2) is 0 Å². The first-order valence-corrected chi connectivity index (χ1v) is 8.02. The predicted octanol–water partition coefficient (Wildman–Crippen LogP) is 2.98. The zero-order chi connectivity index (χ0) is 15.5. The van der Waals surface area contributed by atoms with E-state index in [1.54, 1.807) is 6.33 Å². The molecule has 0 aromatic carbocycles. The maximum atomic E-state index is 5.58. The Morgan fingerprint density at radius 1 is 1.29 bits per heavy atom. The second-order valence-corrected chi connectivity index (χ2v) is 7.00. The summed E-state index contributed by atoms with van der Waals surface area (Å²) in [5, 5.41) is 0. The molecule has 0 spiro atoms. The lowest BCUT2D eigenvalue weighted by atomic mass is 9.77. The first-order valence-electron chi connectivity index (χ1n) is 8.02. The lowest BCUT2D eigenvalue weighted by Crippen LogP contribution is -2.28. The van der Waals surface area contributed by atoms with Crippen molar-refractivity contribution in [1.82, 2.24) is 9.97 Å². The third kappa shape index (κ3) is 3.64. The van der Waals surface area contributed by atoms with Crippen molar-refractivity contribution in [2.75, 3.05) is 23.4 Å². The van der Waals surface area contributed by atoms with Gasteiger partial charge in [-0.3, -0.25) is 0 Å². The number of aromatic nitrogens is 2. The zero-order valence-electron chi connectivity index (χ0n) is 13.8. The molecule has 21 heavy (non-hydrogen) atoms. The Bertz CT molecular complexity index is 466. The topological polar surface area (TPSA) is 67.1 Å². The van der Waals surface area contributed by atoms with Crippen molar-refractivity contribution in [3.05, 3.63) is 11.9 Å². The minimum Gasteiger partial charge on any atom is -0.356 e. The first kappa shape index (κ1) is 16.0. The summed E-state index contributed by atoms with van der Waals surface area (Å²) in [6.45, 7) is 11.3. The van der Waals surface area contributed by atoms with Gasteiger partial charge >= 0.3 is 0 Å². The first-order chi connectivity index (χ1) is 9.97. The summed E-state index contributed by atoms with van der Waals surface area (Å²) in [6.07, 6.45) is 6.24. The third-order valence-corrected chi connectivity index (χ3v) is 4.67. The fraction of sp³-hybridized carbons (Fsp3) is 0.750. The molecule has 1 atom stereocenters. The van der Waals surface area contributed by atoms with Gasteiger partial charge in [0, 0.05) is 18.7 Å². The summed E-state index contributed by atoms with van der Waals surface area (Å²) >= 11 is 0. The van der Waals surface area contributed by atoms with Crippen LogP contribution in [0.15, 0.2) is 6.33 Å². The fourth-order valence-corrected chi connectivity index (χ4v) is 3.30. The van der Waals surface area contributed by atoms with Crippen LogP contribution in [-0.2, 0) is 6.42 Å². The smallest absolute Gasteiger partial charge is 0.148 e. The van der Waals surface area contributed by atoms with E-state index in [1.165, 1.54) is 19.3 Å². The van der Waals surface area contributed by atoms with Crippen molar-refractivity contribution >= 4 is 11.6 Å². The average molecular weight is 291 g/mol. The van der Waals surface area contributed by atoms with Crippen LogP contribution >= 0.6 is 0 Å². The lowest BCUT2D eigenvalue weighted by molar-refractivity contribution is 0.220. The molecular formula is C16H29N5. The molecule has 118 valence electrons. The fourth-order valence-electron chi connectivity index (χ4n) is 3.30.